The van der Waals surface area contributed by atoms with Crippen LogP contribution >= 0.6 is 0 Å². The van der Waals surface area contributed by atoms with Gasteiger partial charge in [0.25, 0.3) is 5.91 Å². The van der Waals surface area contributed by atoms with Crippen LogP contribution in [0.4, 0.5) is 5.82 Å². The van der Waals surface area contributed by atoms with E-state index in [1.54, 1.807) is 34.9 Å². The molecule has 1 atom stereocenters. The molecule has 0 fully saturated rings. The van der Waals surface area contributed by atoms with Gasteiger partial charge in [-0.2, -0.15) is 5.10 Å². The van der Waals surface area contributed by atoms with Crippen molar-refractivity contribution in [1.29, 1.82) is 0 Å². The van der Waals surface area contributed by atoms with Crippen molar-refractivity contribution in [2.24, 2.45) is 0 Å². The zero-order valence-corrected chi connectivity index (χ0v) is 23.6. The normalized spacial score (nSPS) is 16.5. The summed E-state index contributed by atoms with van der Waals surface area (Å²) in [5.74, 6) is 1.96. The summed E-state index contributed by atoms with van der Waals surface area (Å²) in [7, 11) is 1.54. The van der Waals surface area contributed by atoms with E-state index in [-0.39, 0.29) is 38.1 Å². The van der Waals surface area contributed by atoms with Crippen LogP contribution in [0.5, 0.6) is 11.5 Å². The molecule has 1 aliphatic heterocycles. The predicted octanol–water partition coefficient (Wildman–Crippen LogP) is 2.13. The van der Waals surface area contributed by atoms with Crippen LogP contribution in [0.2, 0.25) is 0 Å². The van der Waals surface area contributed by atoms with Gasteiger partial charge in [0, 0.05) is 24.2 Å². The van der Waals surface area contributed by atoms with Crippen LogP contribution in [0, 0.1) is 0 Å². The van der Waals surface area contributed by atoms with Crippen LogP contribution in [0.25, 0.3) is 22.6 Å². The van der Waals surface area contributed by atoms with E-state index in [1.807, 2.05) is 37.3 Å². The highest BCUT2D eigenvalue weighted by molar-refractivity contribution is 5.95. The Labute approximate surface area is 246 Å². The van der Waals surface area contributed by atoms with E-state index >= 15 is 0 Å². The Kier molecular flexibility index (Phi) is 7.80. The van der Waals surface area contributed by atoms with Crippen molar-refractivity contribution < 1.29 is 19.1 Å². The molecule has 3 aromatic heterocycles. The molecule has 43 heavy (non-hydrogen) atoms. The van der Waals surface area contributed by atoms with Crippen molar-refractivity contribution in [3.8, 4) is 22.9 Å². The van der Waals surface area contributed by atoms with E-state index in [1.165, 1.54) is 12.7 Å². The number of ether oxygens (including phenoxy) is 2. The smallest absolute Gasteiger partial charge is 0.251 e. The standard InChI is InChI=1S/C29H30N10O4/c1-18-27-36-25(19-6-4-3-5-7-19)37-39(27)12-13-43-22-14-20(8-9-21(22)42-2)29(41)30-10-11-38(15-23(40)35-18)28-24-26(32-16-31-24)33-17-34-28/h3-9,14,16-18H,10-13,15H2,1-2H3,(H,30,41)(H,35,40)(H,31,32,33,34)/t18-/m1/s1. The quantitative estimate of drug-likeness (QED) is 0.287. The predicted molar refractivity (Wildman–Crippen MR) is 157 cm³/mol. The summed E-state index contributed by atoms with van der Waals surface area (Å²) < 4.78 is 13.3. The number of benzene rings is 2. The van der Waals surface area contributed by atoms with Gasteiger partial charge < -0.3 is 30.0 Å². The van der Waals surface area contributed by atoms with Crippen molar-refractivity contribution in [1.82, 2.24) is 45.3 Å². The lowest BCUT2D eigenvalue weighted by atomic mass is 10.2. The van der Waals surface area contributed by atoms with Gasteiger partial charge in [0.15, 0.2) is 28.8 Å². The first kappa shape index (κ1) is 27.6. The third-order valence-corrected chi connectivity index (χ3v) is 6.99. The molecule has 14 heteroatoms. The molecule has 0 aliphatic carbocycles. The zero-order chi connectivity index (χ0) is 29.8. The van der Waals surface area contributed by atoms with Gasteiger partial charge in [-0.05, 0) is 25.1 Å². The maximum Gasteiger partial charge on any atom is 0.251 e. The third kappa shape index (κ3) is 5.93. The van der Waals surface area contributed by atoms with Crippen molar-refractivity contribution in [2.75, 3.05) is 38.3 Å². The summed E-state index contributed by atoms with van der Waals surface area (Å²) in [5, 5.41) is 10.7. The molecule has 2 bridgehead atoms. The summed E-state index contributed by atoms with van der Waals surface area (Å²) in [6, 6.07) is 14.2. The molecule has 1 aliphatic rings. The van der Waals surface area contributed by atoms with Crippen LogP contribution in [-0.2, 0) is 11.3 Å². The average molecular weight is 583 g/mol. The van der Waals surface area contributed by atoms with Crippen molar-refractivity contribution in [2.45, 2.75) is 19.5 Å². The molecule has 6 rings (SSSR count). The first-order valence-electron chi connectivity index (χ1n) is 13.8. The summed E-state index contributed by atoms with van der Waals surface area (Å²) in [5.41, 5.74) is 2.31. The van der Waals surface area contributed by atoms with Gasteiger partial charge in [0.2, 0.25) is 5.91 Å². The number of carbonyl (C=O) groups is 2. The van der Waals surface area contributed by atoms with Crippen LogP contribution in [-0.4, -0.2) is 79.9 Å². The Balaban J connectivity index is 1.36. The first-order valence-corrected chi connectivity index (χ1v) is 13.8. The number of hydrogen-bond donors (Lipinski definition) is 3. The fourth-order valence-corrected chi connectivity index (χ4v) is 4.90. The Bertz CT molecular complexity index is 1750. The third-order valence-electron chi connectivity index (χ3n) is 6.99. The van der Waals surface area contributed by atoms with E-state index in [2.05, 4.69) is 30.6 Å². The number of aromatic nitrogens is 7. The van der Waals surface area contributed by atoms with Gasteiger partial charge in [-0.15, -0.1) is 0 Å². The number of rotatable bonds is 3. The second-order valence-electron chi connectivity index (χ2n) is 9.86. The number of hydrogen-bond acceptors (Lipinski definition) is 10. The summed E-state index contributed by atoms with van der Waals surface area (Å²) in [6.07, 6.45) is 2.92. The van der Waals surface area contributed by atoms with Gasteiger partial charge in [-0.25, -0.2) is 24.6 Å². The second kappa shape index (κ2) is 12.1. The number of nitrogens with one attached hydrogen (secondary N) is 3. The number of carbonyl (C=O) groups excluding carboxylic acids is 2. The molecule has 0 saturated carbocycles. The largest absolute Gasteiger partial charge is 0.493 e. The number of nitrogens with zero attached hydrogens (tertiary/aromatic N) is 7. The molecule has 220 valence electrons. The molecule has 0 saturated heterocycles. The van der Waals surface area contributed by atoms with Gasteiger partial charge in [-0.1, -0.05) is 30.3 Å². The summed E-state index contributed by atoms with van der Waals surface area (Å²) in [4.78, 5) is 48.9. The molecule has 3 N–H and O–H groups in total. The number of anilines is 1. The van der Waals surface area contributed by atoms with E-state index in [4.69, 9.17) is 19.6 Å². The monoisotopic (exact) mass is 582 g/mol. The molecule has 5 aromatic rings. The highest BCUT2D eigenvalue weighted by Gasteiger charge is 2.23. The average Bonchev–Trinajstić information content (AvgIpc) is 3.68. The van der Waals surface area contributed by atoms with Crippen LogP contribution < -0.4 is 25.0 Å². The molecule has 2 amide bonds. The Morgan fingerprint density at radius 2 is 1.88 bits per heavy atom. The molecule has 14 nitrogen and oxygen atoms in total. The maximum absolute atomic E-state index is 13.4. The van der Waals surface area contributed by atoms with E-state index < -0.39 is 6.04 Å². The SMILES string of the molecule is COc1ccc2cc1OCCn1nc(-c3ccccc3)nc1[C@@H](C)NC(=O)CN(c1ncnc3nc[nH]c13)CCNC2=O. The van der Waals surface area contributed by atoms with Crippen molar-refractivity contribution in [3.05, 3.63) is 72.6 Å². The molecule has 4 heterocycles. The Morgan fingerprint density at radius 3 is 2.72 bits per heavy atom. The Morgan fingerprint density at radius 1 is 1.02 bits per heavy atom. The Hall–Kier alpha value is -5.53. The minimum absolute atomic E-state index is 0.0409. The lowest BCUT2D eigenvalue weighted by molar-refractivity contribution is -0.120. The number of H-pyrrole nitrogens is 1. The van der Waals surface area contributed by atoms with E-state index in [9.17, 15) is 9.59 Å². The van der Waals surface area contributed by atoms with Crippen molar-refractivity contribution >= 4 is 28.8 Å². The highest BCUT2D eigenvalue weighted by Crippen LogP contribution is 2.28. The maximum atomic E-state index is 13.4. The fourth-order valence-electron chi connectivity index (χ4n) is 4.90. The fraction of sp³-hybridized carbons (Fsp3) is 0.276. The second-order valence-corrected chi connectivity index (χ2v) is 9.86. The van der Waals surface area contributed by atoms with Gasteiger partial charge in [0.1, 0.15) is 24.3 Å². The molecular weight excluding hydrogens is 552 g/mol. The molecular formula is C29H30N10O4. The van der Waals surface area contributed by atoms with Gasteiger partial charge in [-0.3, -0.25) is 9.59 Å². The lowest BCUT2D eigenvalue weighted by Crippen LogP contribution is -2.42. The van der Waals surface area contributed by atoms with Crippen LogP contribution in [0.3, 0.4) is 0 Å². The van der Waals surface area contributed by atoms with Gasteiger partial charge >= 0.3 is 0 Å². The van der Waals surface area contributed by atoms with Gasteiger partial charge in [0.05, 0.1) is 32.6 Å². The topological polar surface area (TPSA) is 165 Å². The minimum Gasteiger partial charge on any atom is -0.493 e. The van der Waals surface area contributed by atoms with Crippen molar-refractivity contribution in [3.63, 3.8) is 0 Å². The molecule has 0 unspecified atom stereocenters. The molecule has 2 aromatic carbocycles. The van der Waals surface area contributed by atoms with Crippen LogP contribution in [0.1, 0.15) is 29.1 Å². The summed E-state index contributed by atoms with van der Waals surface area (Å²) >= 11 is 0. The number of methoxy groups -OCH3 is 1. The number of aromatic amines is 1. The zero-order valence-electron chi connectivity index (χ0n) is 23.6. The first-order chi connectivity index (χ1) is 21.0. The number of amides is 2. The number of imidazole rings is 1. The minimum atomic E-state index is -0.481. The summed E-state index contributed by atoms with van der Waals surface area (Å²) in [6.45, 7) is 2.89. The van der Waals surface area contributed by atoms with E-state index in [0.717, 1.165) is 5.56 Å². The molecule has 0 radical (unpaired) electrons. The van der Waals surface area contributed by atoms with Crippen LogP contribution in [0.15, 0.2) is 61.2 Å². The number of fused-ring (bicyclic) bond motifs is 4. The lowest BCUT2D eigenvalue weighted by Gasteiger charge is -2.24. The van der Waals surface area contributed by atoms with E-state index in [0.29, 0.717) is 52.2 Å². The molecule has 0 spiro atoms. The highest BCUT2D eigenvalue weighted by atomic mass is 16.5.